The quantitative estimate of drug-likeness (QED) is 0.639. The summed E-state index contributed by atoms with van der Waals surface area (Å²) in [5.41, 5.74) is 0.810. The van der Waals surface area contributed by atoms with Gasteiger partial charge in [0.15, 0.2) is 0 Å². The maximum atomic E-state index is 11.3. The van der Waals surface area contributed by atoms with E-state index in [0.717, 1.165) is 0 Å². The number of hydrogen-bond donors (Lipinski definition) is 2. The van der Waals surface area contributed by atoms with Crippen molar-refractivity contribution in [3.63, 3.8) is 0 Å². The Labute approximate surface area is 136 Å². The van der Waals surface area contributed by atoms with Gasteiger partial charge >= 0.3 is 5.97 Å². The van der Waals surface area contributed by atoms with Crippen LogP contribution in [-0.2, 0) is 0 Å². The topological polar surface area (TPSA) is 82.2 Å². The normalized spacial score (nSPS) is 11.2. The van der Waals surface area contributed by atoms with Gasteiger partial charge in [-0.2, -0.15) is 5.11 Å². The molecule has 6 heteroatoms. The molecule has 0 aromatic heterocycles. The van der Waals surface area contributed by atoms with E-state index in [1.807, 2.05) is 0 Å². The number of phenols is 1. The lowest BCUT2D eigenvalue weighted by molar-refractivity contribution is 0.0698. The summed E-state index contributed by atoms with van der Waals surface area (Å²) in [7, 11) is 0. The molecule has 0 radical (unpaired) electrons. The molecular formula is C17H11ClN2O3. The van der Waals surface area contributed by atoms with Gasteiger partial charge in [0, 0.05) is 10.4 Å². The molecule has 0 aliphatic heterocycles. The van der Waals surface area contributed by atoms with Gasteiger partial charge in [-0.15, -0.1) is 5.11 Å². The summed E-state index contributed by atoms with van der Waals surface area (Å²) in [5, 5.41) is 29.1. The molecule has 0 saturated heterocycles. The average molecular weight is 327 g/mol. The molecule has 3 rings (SSSR count). The number of rotatable bonds is 3. The SMILES string of the molecule is O=C(O)c1cc(O)c(N=Nc2ccc(Cl)cc2)c2ccccc12. The maximum Gasteiger partial charge on any atom is 0.336 e. The number of halogens is 1. The fourth-order valence-electron chi connectivity index (χ4n) is 2.24. The van der Waals surface area contributed by atoms with Gasteiger partial charge in [-0.1, -0.05) is 35.9 Å². The summed E-state index contributed by atoms with van der Waals surface area (Å²) in [6.45, 7) is 0. The third kappa shape index (κ3) is 3.00. The van der Waals surface area contributed by atoms with Gasteiger partial charge in [-0.25, -0.2) is 4.79 Å². The van der Waals surface area contributed by atoms with Crippen LogP contribution in [0, 0.1) is 0 Å². The first-order valence-electron chi connectivity index (χ1n) is 6.71. The van der Waals surface area contributed by atoms with E-state index >= 15 is 0 Å². The second-order valence-electron chi connectivity index (χ2n) is 4.82. The Morgan fingerprint density at radius 1 is 0.957 bits per heavy atom. The molecule has 3 aromatic carbocycles. The number of hydrogen-bond acceptors (Lipinski definition) is 4. The van der Waals surface area contributed by atoms with E-state index in [9.17, 15) is 15.0 Å². The number of aromatic carboxylic acids is 1. The molecule has 0 bridgehead atoms. The maximum absolute atomic E-state index is 11.3. The van der Waals surface area contributed by atoms with Gasteiger partial charge in [0.1, 0.15) is 11.4 Å². The predicted octanol–water partition coefficient (Wildman–Crippen LogP) is 5.31. The molecule has 0 spiro atoms. The first-order valence-corrected chi connectivity index (χ1v) is 7.09. The van der Waals surface area contributed by atoms with Gasteiger partial charge in [0.25, 0.3) is 0 Å². The molecule has 0 atom stereocenters. The summed E-state index contributed by atoms with van der Waals surface area (Å²) in [5.74, 6) is -1.35. The smallest absolute Gasteiger partial charge is 0.336 e. The van der Waals surface area contributed by atoms with Crippen LogP contribution in [0.2, 0.25) is 5.02 Å². The molecule has 2 N–H and O–H groups in total. The average Bonchev–Trinajstić information content (AvgIpc) is 2.55. The Balaban J connectivity index is 2.14. The molecule has 0 fully saturated rings. The molecule has 114 valence electrons. The highest BCUT2D eigenvalue weighted by Gasteiger charge is 2.15. The van der Waals surface area contributed by atoms with Crippen LogP contribution in [0.15, 0.2) is 64.8 Å². The zero-order valence-electron chi connectivity index (χ0n) is 11.8. The molecule has 5 nitrogen and oxygen atoms in total. The van der Waals surface area contributed by atoms with Crippen LogP contribution in [0.5, 0.6) is 5.75 Å². The summed E-state index contributed by atoms with van der Waals surface area (Å²) in [6.07, 6.45) is 0. The first kappa shape index (κ1) is 15.0. The minimum absolute atomic E-state index is 0.0172. The molecule has 0 aliphatic carbocycles. The minimum Gasteiger partial charge on any atom is -0.506 e. The van der Waals surface area contributed by atoms with Crippen molar-refractivity contribution in [2.24, 2.45) is 10.2 Å². The van der Waals surface area contributed by atoms with Crippen molar-refractivity contribution in [3.8, 4) is 5.75 Å². The lowest BCUT2D eigenvalue weighted by atomic mass is 10.0. The lowest BCUT2D eigenvalue weighted by Gasteiger charge is -2.07. The van der Waals surface area contributed by atoms with E-state index in [-0.39, 0.29) is 17.0 Å². The predicted molar refractivity (Wildman–Crippen MR) is 88.2 cm³/mol. The molecule has 0 saturated carbocycles. The highest BCUT2D eigenvalue weighted by molar-refractivity contribution is 6.30. The van der Waals surface area contributed by atoms with Crippen LogP contribution in [0.4, 0.5) is 11.4 Å². The Kier molecular flexibility index (Phi) is 3.95. The van der Waals surface area contributed by atoms with Gasteiger partial charge in [-0.05, 0) is 35.7 Å². The highest BCUT2D eigenvalue weighted by atomic mass is 35.5. The second-order valence-corrected chi connectivity index (χ2v) is 5.26. The van der Waals surface area contributed by atoms with Crippen molar-refractivity contribution in [2.75, 3.05) is 0 Å². The van der Waals surface area contributed by atoms with Gasteiger partial charge in [0.05, 0.1) is 11.3 Å². The van der Waals surface area contributed by atoms with E-state index in [0.29, 0.717) is 21.5 Å². The van der Waals surface area contributed by atoms with Gasteiger partial charge < -0.3 is 10.2 Å². The molecule has 3 aromatic rings. The molecule has 0 heterocycles. The highest BCUT2D eigenvalue weighted by Crippen LogP contribution is 2.38. The van der Waals surface area contributed by atoms with Crippen LogP contribution >= 0.6 is 11.6 Å². The fraction of sp³-hybridized carbons (Fsp3) is 0. The van der Waals surface area contributed by atoms with Crippen molar-refractivity contribution >= 4 is 39.7 Å². The van der Waals surface area contributed by atoms with Crippen LogP contribution in [0.3, 0.4) is 0 Å². The Bertz CT molecular complexity index is 921. The van der Waals surface area contributed by atoms with Crippen LogP contribution in [0.1, 0.15) is 10.4 Å². The number of nitrogens with zero attached hydrogens (tertiary/aromatic N) is 2. The standard InChI is InChI=1S/C17H11ClN2O3/c18-10-5-7-11(8-6-10)19-20-16-13-4-2-1-3-12(13)14(17(22)23)9-15(16)21/h1-9,21H,(H,22,23). The Morgan fingerprint density at radius 3 is 2.26 bits per heavy atom. The zero-order valence-corrected chi connectivity index (χ0v) is 12.5. The van der Waals surface area contributed by atoms with Gasteiger partial charge in [-0.3, -0.25) is 0 Å². The molecule has 23 heavy (non-hydrogen) atoms. The number of aromatic hydroxyl groups is 1. The lowest BCUT2D eigenvalue weighted by Crippen LogP contribution is -1.97. The van der Waals surface area contributed by atoms with E-state index in [4.69, 9.17) is 11.6 Å². The third-order valence-electron chi connectivity index (χ3n) is 3.32. The third-order valence-corrected chi connectivity index (χ3v) is 3.57. The van der Waals surface area contributed by atoms with E-state index in [1.54, 1.807) is 48.5 Å². The second kappa shape index (κ2) is 6.06. The molecule has 0 aliphatic rings. The van der Waals surface area contributed by atoms with Crippen molar-refractivity contribution < 1.29 is 15.0 Å². The van der Waals surface area contributed by atoms with Crippen molar-refractivity contribution in [2.45, 2.75) is 0 Å². The largest absolute Gasteiger partial charge is 0.506 e. The summed E-state index contributed by atoms with van der Waals surface area (Å²) >= 11 is 5.81. The Morgan fingerprint density at radius 2 is 1.61 bits per heavy atom. The number of phenolic OH excluding ortho intramolecular Hbond substituents is 1. The monoisotopic (exact) mass is 326 g/mol. The number of benzene rings is 3. The van der Waals surface area contributed by atoms with Crippen molar-refractivity contribution in [1.29, 1.82) is 0 Å². The molecule has 0 unspecified atom stereocenters. The van der Waals surface area contributed by atoms with E-state index in [1.165, 1.54) is 6.07 Å². The minimum atomic E-state index is -1.11. The number of carboxylic acids is 1. The summed E-state index contributed by atoms with van der Waals surface area (Å²) in [6, 6.07) is 14.8. The van der Waals surface area contributed by atoms with Crippen LogP contribution in [-0.4, -0.2) is 16.2 Å². The number of carboxylic acid groups (broad SMARTS) is 1. The van der Waals surface area contributed by atoms with Crippen molar-refractivity contribution in [3.05, 3.63) is 65.2 Å². The van der Waals surface area contributed by atoms with Crippen LogP contribution < -0.4 is 0 Å². The van der Waals surface area contributed by atoms with E-state index < -0.39 is 5.97 Å². The number of azo groups is 1. The first-order chi connectivity index (χ1) is 11.1. The molecular weight excluding hydrogens is 316 g/mol. The molecule has 0 amide bonds. The van der Waals surface area contributed by atoms with Gasteiger partial charge in [0.2, 0.25) is 0 Å². The Hall–Kier alpha value is -2.92. The zero-order chi connectivity index (χ0) is 16.4. The summed E-state index contributed by atoms with van der Waals surface area (Å²) in [4.78, 5) is 11.3. The number of fused-ring (bicyclic) bond motifs is 1. The summed E-state index contributed by atoms with van der Waals surface area (Å²) < 4.78 is 0. The van der Waals surface area contributed by atoms with E-state index in [2.05, 4.69) is 10.2 Å². The van der Waals surface area contributed by atoms with Crippen LogP contribution in [0.25, 0.3) is 10.8 Å². The van der Waals surface area contributed by atoms with Crippen molar-refractivity contribution in [1.82, 2.24) is 0 Å². The fourth-order valence-corrected chi connectivity index (χ4v) is 2.37. The number of carbonyl (C=O) groups is 1.